The van der Waals surface area contributed by atoms with Gasteiger partial charge < -0.3 is 0 Å². The second-order valence-corrected chi connectivity index (χ2v) is 13.6. The molecule has 2 aromatic rings. The van der Waals surface area contributed by atoms with E-state index in [9.17, 15) is 0 Å². The van der Waals surface area contributed by atoms with Crippen molar-refractivity contribution >= 4 is 0 Å². The molecule has 0 atom stereocenters. The smallest absolute Gasteiger partial charge is 0.167 e. The van der Waals surface area contributed by atoms with Gasteiger partial charge in [-0.1, -0.05) is 103 Å². The first-order valence-electron chi connectivity index (χ1n) is 16.9. The van der Waals surface area contributed by atoms with Crippen molar-refractivity contribution in [1.29, 1.82) is 0 Å². The fourth-order valence-corrected chi connectivity index (χ4v) is 8.35. The number of aryl methyl sites for hydroxylation is 1. The summed E-state index contributed by atoms with van der Waals surface area (Å²) in [5.74, 6) is -1.42. The van der Waals surface area contributed by atoms with Crippen LogP contribution in [0.2, 0.25) is 0 Å². The van der Waals surface area contributed by atoms with E-state index in [2.05, 4.69) is 13.8 Å². The summed E-state index contributed by atoms with van der Waals surface area (Å²) in [5, 5.41) is 0. The molecule has 0 radical (unpaired) electrons. The number of hydrogen-bond acceptors (Lipinski definition) is 0. The van der Waals surface area contributed by atoms with Crippen LogP contribution in [-0.2, 0) is 12.8 Å². The number of rotatable bonds is 12. The zero-order valence-corrected chi connectivity index (χ0v) is 25.4. The predicted molar refractivity (Wildman–Crippen MR) is 161 cm³/mol. The minimum Gasteiger partial charge on any atom is -0.203 e. The first kappa shape index (κ1) is 30.6. The second-order valence-electron chi connectivity index (χ2n) is 13.6. The van der Waals surface area contributed by atoms with Crippen molar-refractivity contribution in [1.82, 2.24) is 0 Å². The zero-order valence-electron chi connectivity index (χ0n) is 25.4. The van der Waals surface area contributed by atoms with E-state index in [0.29, 0.717) is 41.0 Å². The lowest BCUT2D eigenvalue weighted by molar-refractivity contribution is 0.245. The Bertz CT molecular complexity index is 1170. The SMILES string of the molecule is CCCCCC1CCC(CCCCc2cc3c(c(F)c2F)-c2c(cc(C4CCC(CCC)CC4)c(F)c2F)C3)CC1. The Morgan fingerprint density at radius 2 is 1.10 bits per heavy atom. The minimum atomic E-state index is -1.01. The summed E-state index contributed by atoms with van der Waals surface area (Å²) in [7, 11) is 0. The lowest BCUT2D eigenvalue weighted by Crippen LogP contribution is -2.15. The fourth-order valence-electron chi connectivity index (χ4n) is 8.35. The van der Waals surface area contributed by atoms with Gasteiger partial charge in [-0.2, -0.15) is 0 Å². The van der Waals surface area contributed by atoms with Crippen LogP contribution in [0.3, 0.4) is 0 Å². The molecule has 5 rings (SSSR count). The number of benzene rings is 2. The Kier molecular flexibility index (Phi) is 10.5. The Morgan fingerprint density at radius 1 is 0.561 bits per heavy atom. The van der Waals surface area contributed by atoms with Crippen molar-refractivity contribution in [2.24, 2.45) is 17.8 Å². The van der Waals surface area contributed by atoms with Crippen LogP contribution in [0.25, 0.3) is 11.1 Å². The predicted octanol–water partition coefficient (Wildman–Crippen LogP) is 12.0. The molecule has 2 saturated carbocycles. The van der Waals surface area contributed by atoms with Gasteiger partial charge in [0, 0.05) is 11.1 Å². The van der Waals surface area contributed by atoms with Crippen LogP contribution in [0.1, 0.15) is 151 Å². The monoisotopic (exact) mass is 570 g/mol. The van der Waals surface area contributed by atoms with Gasteiger partial charge in [-0.3, -0.25) is 0 Å². The standard InChI is InChI=1S/C37H50F4/c1-3-5-6-10-25-13-15-26(16-14-25)11-7-8-12-28-21-29-22-30-23-31(27-19-17-24(9-4-2)18-20-27)35(39)37(41)33(30)32(29)36(40)34(28)38/h21,23-27H,3-20,22H2,1-2H3. The molecule has 0 aromatic heterocycles. The van der Waals surface area contributed by atoms with Crippen molar-refractivity contribution in [3.63, 3.8) is 0 Å². The molecule has 3 aliphatic carbocycles. The third kappa shape index (κ3) is 6.88. The van der Waals surface area contributed by atoms with Gasteiger partial charge in [-0.05, 0) is 90.9 Å². The van der Waals surface area contributed by atoms with E-state index in [-0.39, 0.29) is 17.0 Å². The van der Waals surface area contributed by atoms with E-state index in [1.807, 2.05) is 0 Å². The summed E-state index contributed by atoms with van der Waals surface area (Å²) < 4.78 is 61.4. The van der Waals surface area contributed by atoms with Crippen LogP contribution >= 0.6 is 0 Å². The molecule has 0 bridgehead atoms. The molecule has 0 spiro atoms. The zero-order chi connectivity index (χ0) is 28.9. The Morgan fingerprint density at radius 3 is 1.71 bits per heavy atom. The maximum absolute atomic E-state index is 15.5. The molecule has 0 N–H and O–H groups in total. The molecule has 3 aliphatic rings. The molecule has 0 aliphatic heterocycles. The summed E-state index contributed by atoms with van der Waals surface area (Å²) in [4.78, 5) is 0. The molecule has 4 heteroatoms. The molecule has 0 amide bonds. The first-order valence-corrected chi connectivity index (χ1v) is 16.9. The van der Waals surface area contributed by atoms with E-state index in [1.165, 1.54) is 57.8 Å². The van der Waals surface area contributed by atoms with Crippen LogP contribution in [0.4, 0.5) is 17.6 Å². The fraction of sp³-hybridized carbons (Fsp3) is 0.676. The third-order valence-electron chi connectivity index (χ3n) is 10.8. The molecule has 0 saturated heterocycles. The minimum absolute atomic E-state index is 0.000120. The number of unbranched alkanes of at least 4 members (excludes halogenated alkanes) is 3. The molecule has 2 fully saturated rings. The molecular weight excluding hydrogens is 520 g/mol. The first-order chi connectivity index (χ1) is 19.9. The van der Waals surface area contributed by atoms with Crippen molar-refractivity contribution in [2.45, 2.75) is 142 Å². The maximum atomic E-state index is 15.5. The Labute approximate surface area is 245 Å². The molecule has 0 nitrogen and oxygen atoms in total. The van der Waals surface area contributed by atoms with Gasteiger partial charge in [0.15, 0.2) is 23.3 Å². The number of hydrogen-bond donors (Lipinski definition) is 0. The lowest BCUT2D eigenvalue weighted by atomic mass is 9.76. The lowest BCUT2D eigenvalue weighted by Gasteiger charge is -2.29. The van der Waals surface area contributed by atoms with E-state index < -0.39 is 23.3 Å². The summed E-state index contributed by atoms with van der Waals surface area (Å²) in [6.45, 7) is 4.45. The van der Waals surface area contributed by atoms with Gasteiger partial charge in [0.25, 0.3) is 0 Å². The number of fused-ring (bicyclic) bond motifs is 3. The quantitative estimate of drug-likeness (QED) is 0.150. The van der Waals surface area contributed by atoms with Gasteiger partial charge in [0.1, 0.15) is 0 Å². The largest absolute Gasteiger partial charge is 0.203 e. The van der Waals surface area contributed by atoms with Gasteiger partial charge in [0.05, 0.1) is 0 Å². The van der Waals surface area contributed by atoms with Gasteiger partial charge in [-0.15, -0.1) is 0 Å². The average molecular weight is 571 g/mol. The highest BCUT2D eigenvalue weighted by Crippen LogP contribution is 2.46. The van der Waals surface area contributed by atoms with Crippen molar-refractivity contribution in [2.75, 3.05) is 0 Å². The maximum Gasteiger partial charge on any atom is 0.167 e. The highest BCUT2D eigenvalue weighted by Gasteiger charge is 2.34. The average Bonchev–Trinajstić information content (AvgIpc) is 3.35. The van der Waals surface area contributed by atoms with E-state index in [4.69, 9.17) is 0 Å². The van der Waals surface area contributed by atoms with E-state index >= 15 is 17.6 Å². The van der Waals surface area contributed by atoms with Crippen molar-refractivity contribution in [3.8, 4) is 11.1 Å². The topological polar surface area (TPSA) is 0 Å². The van der Waals surface area contributed by atoms with Crippen LogP contribution in [0, 0.1) is 41.0 Å². The molecule has 0 unspecified atom stereocenters. The molecule has 226 valence electrons. The van der Waals surface area contributed by atoms with Crippen LogP contribution in [-0.4, -0.2) is 0 Å². The van der Waals surface area contributed by atoms with E-state index in [1.54, 1.807) is 12.1 Å². The highest BCUT2D eigenvalue weighted by atomic mass is 19.2. The summed E-state index contributed by atoms with van der Waals surface area (Å²) >= 11 is 0. The normalized spacial score (nSPS) is 24.0. The highest BCUT2D eigenvalue weighted by molar-refractivity contribution is 5.79. The van der Waals surface area contributed by atoms with Gasteiger partial charge in [-0.25, -0.2) is 17.6 Å². The molecular formula is C37H50F4. The molecule has 41 heavy (non-hydrogen) atoms. The summed E-state index contributed by atoms with van der Waals surface area (Å²) in [5.41, 5.74) is 1.88. The van der Waals surface area contributed by atoms with Gasteiger partial charge in [0.2, 0.25) is 0 Å². The van der Waals surface area contributed by atoms with Gasteiger partial charge >= 0.3 is 0 Å². The van der Waals surface area contributed by atoms with Crippen LogP contribution in [0.5, 0.6) is 0 Å². The third-order valence-corrected chi connectivity index (χ3v) is 10.8. The summed E-state index contributed by atoms with van der Waals surface area (Å²) in [6.07, 6.45) is 20.7. The van der Waals surface area contributed by atoms with Crippen LogP contribution < -0.4 is 0 Å². The molecule has 2 aromatic carbocycles. The van der Waals surface area contributed by atoms with Crippen molar-refractivity contribution in [3.05, 3.63) is 57.7 Å². The molecule has 0 heterocycles. The Hall–Kier alpha value is -1.84. The van der Waals surface area contributed by atoms with Crippen LogP contribution in [0.15, 0.2) is 12.1 Å². The Balaban J connectivity index is 1.19. The van der Waals surface area contributed by atoms with Crippen molar-refractivity contribution < 1.29 is 17.6 Å². The summed E-state index contributed by atoms with van der Waals surface area (Å²) in [6, 6.07) is 3.48. The number of halogens is 4. The second kappa shape index (κ2) is 14.1. The van der Waals surface area contributed by atoms with E-state index in [0.717, 1.165) is 63.2 Å².